The van der Waals surface area contributed by atoms with Crippen molar-refractivity contribution in [3.05, 3.63) is 0 Å². The minimum Gasteiger partial charge on any atom is -0.444 e. The van der Waals surface area contributed by atoms with Gasteiger partial charge >= 0.3 is 6.09 Å². The first kappa shape index (κ1) is 15.6. The molecule has 0 aliphatic heterocycles. The lowest BCUT2D eigenvalue weighted by molar-refractivity contribution is 0.0234. The molecule has 2 aliphatic carbocycles. The van der Waals surface area contributed by atoms with Gasteiger partial charge in [-0.05, 0) is 52.9 Å². The van der Waals surface area contributed by atoms with Crippen molar-refractivity contribution in [1.29, 1.82) is 0 Å². The Morgan fingerprint density at radius 2 is 2.00 bits per heavy atom. The number of ether oxygens (including phenoxy) is 1. The zero-order valence-corrected chi connectivity index (χ0v) is 13.0. The molecule has 0 aromatic rings. The number of hydrogen-bond acceptors (Lipinski definition) is 4. The summed E-state index contributed by atoms with van der Waals surface area (Å²) in [4.78, 5) is 14.1. The number of nitrogens with one attached hydrogen (secondary N) is 1. The van der Waals surface area contributed by atoms with Crippen LogP contribution in [0.1, 0.15) is 52.9 Å². The molecule has 0 saturated heterocycles. The molecule has 2 fully saturated rings. The van der Waals surface area contributed by atoms with Crippen LogP contribution in [0.2, 0.25) is 0 Å². The predicted octanol–water partition coefficient (Wildman–Crippen LogP) is 1.86. The number of rotatable bonds is 5. The van der Waals surface area contributed by atoms with Gasteiger partial charge in [0.25, 0.3) is 0 Å². The van der Waals surface area contributed by atoms with Crippen molar-refractivity contribution in [1.82, 2.24) is 10.2 Å². The van der Waals surface area contributed by atoms with Crippen LogP contribution in [0.15, 0.2) is 0 Å². The van der Waals surface area contributed by atoms with Gasteiger partial charge in [-0.25, -0.2) is 4.79 Å². The smallest absolute Gasteiger partial charge is 0.410 e. The number of nitrogens with two attached hydrogens (primary N) is 1. The molecule has 0 bridgehead atoms. The molecule has 116 valence electrons. The lowest BCUT2D eigenvalue weighted by atomic mass is 10.2. The normalized spacial score (nSPS) is 26.6. The zero-order chi connectivity index (χ0) is 14.8. The minimum absolute atomic E-state index is 0.176. The van der Waals surface area contributed by atoms with Crippen LogP contribution in [-0.4, -0.2) is 47.8 Å². The van der Waals surface area contributed by atoms with Gasteiger partial charge in [0.15, 0.2) is 0 Å². The molecule has 0 radical (unpaired) electrons. The van der Waals surface area contributed by atoms with Gasteiger partial charge in [-0.15, -0.1) is 0 Å². The number of nitrogens with zero attached hydrogens (tertiary/aromatic N) is 1. The van der Waals surface area contributed by atoms with Crippen molar-refractivity contribution in [2.45, 2.75) is 76.6 Å². The largest absolute Gasteiger partial charge is 0.444 e. The molecular formula is C15H29N3O2. The van der Waals surface area contributed by atoms with Gasteiger partial charge in [0.1, 0.15) is 5.60 Å². The van der Waals surface area contributed by atoms with E-state index in [-0.39, 0.29) is 6.09 Å². The van der Waals surface area contributed by atoms with Gasteiger partial charge in [-0.2, -0.15) is 0 Å². The van der Waals surface area contributed by atoms with Crippen LogP contribution in [0, 0.1) is 0 Å². The first-order valence-electron chi connectivity index (χ1n) is 7.84. The van der Waals surface area contributed by atoms with Gasteiger partial charge in [-0.1, -0.05) is 0 Å². The molecule has 2 rings (SSSR count). The van der Waals surface area contributed by atoms with E-state index in [1.807, 2.05) is 25.7 Å². The first-order valence-corrected chi connectivity index (χ1v) is 7.84. The molecule has 20 heavy (non-hydrogen) atoms. The molecule has 2 aliphatic rings. The van der Waals surface area contributed by atoms with E-state index < -0.39 is 5.60 Å². The summed E-state index contributed by atoms with van der Waals surface area (Å²) in [7, 11) is 0. The molecular weight excluding hydrogens is 254 g/mol. The van der Waals surface area contributed by atoms with Crippen molar-refractivity contribution in [3.8, 4) is 0 Å². The Labute approximate surface area is 122 Å². The Morgan fingerprint density at radius 3 is 2.50 bits per heavy atom. The van der Waals surface area contributed by atoms with Crippen molar-refractivity contribution in [3.63, 3.8) is 0 Å². The van der Waals surface area contributed by atoms with Gasteiger partial charge in [-0.3, -0.25) is 0 Å². The summed E-state index contributed by atoms with van der Waals surface area (Å²) >= 11 is 0. The van der Waals surface area contributed by atoms with Gasteiger partial charge in [0.05, 0.1) is 0 Å². The third-order valence-corrected chi connectivity index (χ3v) is 3.87. The monoisotopic (exact) mass is 283 g/mol. The lowest BCUT2D eigenvalue weighted by Gasteiger charge is -2.28. The number of hydrogen-bond donors (Lipinski definition) is 2. The summed E-state index contributed by atoms with van der Waals surface area (Å²) < 4.78 is 5.48. The second kappa shape index (κ2) is 6.31. The molecule has 0 heterocycles. The molecule has 5 nitrogen and oxygen atoms in total. The second-order valence-electron chi connectivity index (χ2n) is 7.13. The van der Waals surface area contributed by atoms with E-state index in [0.717, 1.165) is 45.2 Å². The van der Waals surface area contributed by atoms with Crippen LogP contribution in [0.25, 0.3) is 0 Å². The summed E-state index contributed by atoms with van der Waals surface area (Å²) in [6.45, 7) is 7.29. The third kappa shape index (κ3) is 4.94. The summed E-state index contributed by atoms with van der Waals surface area (Å²) in [5.41, 5.74) is 5.49. The van der Waals surface area contributed by atoms with E-state index in [1.54, 1.807) is 0 Å². The van der Waals surface area contributed by atoms with Crippen molar-refractivity contribution < 1.29 is 9.53 Å². The van der Waals surface area contributed by atoms with Crippen molar-refractivity contribution >= 4 is 6.09 Å². The summed E-state index contributed by atoms with van der Waals surface area (Å²) in [6, 6.07) is 1.25. The highest BCUT2D eigenvalue weighted by Gasteiger charge is 2.35. The van der Waals surface area contributed by atoms with Crippen LogP contribution < -0.4 is 11.1 Å². The van der Waals surface area contributed by atoms with Gasteiger partial charge < -0.3 is 20.7 Å². The minimum atomic E-state index is -0.421. The fourth-order valence-corrected chi connectivity index (χ4v) is 2.72. The van der Waals surface area contributed by atoms with Crippen LogP contribution >= 0.6 is 0 Å². The highest BCUT2D eigenvalue weighted by atomic mass is 16.6. The summed E-state index contributed by atoms with van der Waals surface area (Å²) in [5.74, 6) is 0. The fraction of sp³-hybridized carbons (Fsp3) is 0.933. The van der Waals surface area contributed by atoms with Crippen LogP contribution in [0.3, 0.4) is 0 Å². The molecule has 0 spiro atoms. The maximum absolute atomic E-state index is 12.2. The molecule has 2 unspecified atom stereocenters. The van der Waals surface area contributed by atoms with E-state index in [9.17, 15) is 4.79 Å². The highest BCUT2D eigenvalue weighted by Crippen LogP contribution is 2.28. The van der Waals surface area contributed by atoms with Gasteiger partial charge in [0.2, 0.25) is 0 Å². The van der Waals surface area contributed by atoms with Crippen molar-refractivity contribution in [2.75, 3.05) is 13.1 Å². The SMILES string of the molecule is CC(C)(C)OC(=O)N(CCNC1CCC(N)C1)C1CC1. The lowest BCUT2D eigenvalue weighted by Crippen LogP contribution is -2.43. The number of carbonyl (C=O) groups excluding carboxylic acids is 1. The van der Waals surface area contributed by atoms with E-state index in [0.29, 0.717) is 18.1 Å². The van der Waals surface area contributed by atoms with E-state index >= 15 is 0 Å². The zero-order valence-electron chi connectivity index (χ0n) is 13.0. The molecule has 5 heteroatoms. The Hall–Kier alpha value is -0.810. The topological polar surface area (TPSA) is 67.6 Å². The molecule has 0 aromatic heterocycles. The average molecular weight is 283 g/mol. The molecule has 2 atom stereocenters. The Kier molecular flexibility index (Phi) is 4.91. The van der Waals surface area contributed by atoms with Gasteiger partial charge in [0, 0.05) is 31.2 Å². The summed E-state index contributed by atoms with van der Waals surface area (Å²) in [6.07, 6.45) is 5.34. The maximum Gasteiger partial charge on any atom is 0.410 e. The highest BCUT2D eigenvalue weighted by molar-refractivity contribution is 5.69. The maximum atomic E-state index is 12.2. The van der Waals surface area contributed by atoms with E-state index in [2.05, 4.69) is 5.32 Å². The first-order chi connectivity index (χ1) is 9.35. The molecule has 1 amide bonds. The van der Waals surface area contributed by atoms with E-state index in [4.69, 9.17) is 10.5 Å². The molecule has 0 aromatic carbocycles. The summed E-state index contributed by atoms with van der Waals surface area (Å²) in [5, 5.41) is 3.51. The third-order valence-electron chi connectivity index (χ3n) is 3.87. The van der Waals surface area contributed by atoms with Crippen molar-refractivity contribution in [2.24, 2.45) is 5.73 Å². The molecule has 2 saturated carbocycles. The Balaban J connectivity index is 1.73. The van der Waals surface area contributed by atoms with Crippen LogP contribution in [-0.2, 0) is 4.74 Å². The Bertz CT molecular complexity index is 337. The average Bonchev–Trinajstić information content (AvgIpc) is 3.06. The van der Waals surface area contributed by atoms with E-state index in [1.165, 1.54) is 0 Å². The second-order valence-corrected chi connectivity index (χ2v) is 7.13. The predicted molar refractivity (Wildman–Crippen MR) is 79.6 cm³/mol. The molecule has 3 N–H and O–H groups in total. The fourth-order valence-electron chi connectivity index (χ4n) is 2.72. The van der Waals surface area contributed by atoms with Crippen LogP contribution in [0.4, 0.5) is 4.79 Å². The Morgan fingerprint density at radius 1 is 1.30 bits per heavy atom. The number of carbonyl (C=O) groups is 1. The van der Waals surface area contributed by atoms with Crippen LogP contribution in [0.5, 0.6) is 0 Å². The standard InChI is InChI=1S/C15H29N3O2/c1-15(2,3)20-14(19)18(13-6-7-13)9-8-17-12-5-4-11(16)10-12/h11-13,17H,4-10,16H2,1-3H3. The number of amides is 1. The quantitative estimate of drug-likeness (QED) is 0.808.